The number of rotatable bonds is 0. The summed E-state index contributed by atoms with van der Waals surface area (Å²) in [4.78, 5) is 0. The van der Waals surface area contributed by atoms with Crippen molar-refractivity contribution in [1.29, 1.82) is 0 Å². The minimum atomic E-state index is -0.401. The maximum absolute atomic E-state index is 6.13. The van der Waals surface area contributed by atoms with Crippen LogP contribution in [0, 0.1) is 0 Å². The lowest BCUT2D eigenvalue weighted by Crippen LogP contribution is -2.38. The Morgan fingerprint density at radius 3 is 2.86 bits per heavy atom. The summed E-state index contributed by atoms with van der Waals surface area (Å²) in [6, 6.07) is 3.49. The second-order valence-electron chi connectivity index (χ2n) is 3.78. The van der Waals surface area contributed by atoms with Crippen LogP contribution in [0.15, 0.2) is 12.1 Å². The predicted octanol–water partition coefficient (Wildman–Crippen LogP) is 2.95. The van der Waals surface area contributed by atoms with Gasteiger partial charge in [-0.1, -0.05) is 23.2 Å². The second kappa shape index (κ2) is 3.30. The van der Waals surface area contributed by atoms with Gasteiger partial charge >= 0.3 is 0 Å². The van der Waals surface area contributed by atoms with E-state index in [1.54, 1.807) is 6.07 Å². The number of hydrogen-bond acceptors (Lipinski definition) is 2. The Balaban J connectivity index is 2.63. The summed E-state index contributed by atoms with van der Waals surface area (Å²) in [6.45, 7) is 2.56. The lowest BCUT2D eigenvalue weighted by molar-refractivity contribution is 0.227. The first-order valence-electron chi connectivity index (χ1n) is 4.42. The van der Waals surface area contributed by atoms with E-state index in [-0.39, 0.29) is 0 Å². The maximum Gasteiger partial charge on any atom is 0.143 e. The molecule has 1 aliphatic rings. The van der Waals surface area contributed by atoms with Crippen LogP contribution in [-0.2, 0) is 5.54 Å². The average molecular weight is 232 g/mol. The van der Waals surface area contributed by atoms with Crippen LogP contribution in [0.2, 0.25) is 10.0 Å². The molecule has 0 aromatic heterocycles. The van der Waals surface area contributed by atoms with Crippen molar-refractivity contribution in [1.82, 2.24) is 0 Å². The SMILES string of the molecule is CC1(N)CCOc2c(Cl)cc(Cl)cc21. The Labute approximate surface area is 92.9 Å². The van der Waals surface area contributed by atoms with E-state index in [0.717, 1.165) is 12.0 Å². The minimum absolute atomic E-state index is 0.401. The van der Waals surface area contributed by atoms with E-state index in [4.69, 9.17) is 33.7 Å². The smallest absolute Gasteiger partial charge is 0.143 e. The Morgan fingerprint density at radius 1 is 1.43 bits per heavy atom. The molecule has 0 amide bonds. The van der Waals surface area contributed by atoms with E-state index in [1.807, 2.05) is 13.0 Å². The Morgan fingerprint density at radius 2 is 2.14 bits per heavy atom. The summed E-state index contributed by atoms with van der Waals surface area (Å²) in [6.07, 6.45) is 0.774. The van der Waals surface area contributed by atoms with Gasteiger partial charge in [0.2, 0.25) is 0 Å². The van der Waals surface area contributed by atoms with Crippen LogP contribution in [0.4, 0.5) is 0 Å². The quantitative estimate of drug-likeness (QED) is 0.746. The molecular formula is C10H11Cl2NO. The average Bonchev–Trinajstić information content (AvgIpc) is 2.06. The van der Waals surface area contributed by atoms with Crippen LogP contribution in [0.25, 0.3) is 0 Å². The van der Waals surface area contributed by atoms with Crippen molar-refractivity contribution in [2.45, 2.75) is 18.9 Å². The highest BCUT2D eigenvalue weighted by Crippen LogP contribution is 2.41. The number of ether oxygens (including phenoxy) is 1. The molecule has 1 aromatic carbocycles. The van der Waals surface area contributed by atoms with Gasteiger partial charge in [-0.25, -0.2) is 0 Å². The van der Waals surface area contributed by atoms with Crippen LogP contribution in [0.3, 0.4) is 0 Å². The molecular weight excluding hydrogens is 221 g/mol. The van der Waals surface area contributed by atoms with Crippen LogP contribution < -0.4 is 10.5 Å². The van der Waals surface area contributed by atoms with Crippen molar-refractivity contribution in [2.24, 2.45) is 5.73 Å². The lowest BCUT2D eigenvalue weighted by atomic mass is 9.87. The van der Waals surface area contributed by atoms with Crippen LogP contribution in [-0.4, -0.2) is 6.61 Å². The molecule has 1 aromatic rings. The van der Waals surface area contributed by atoms with E-state index < -0.39 is 5.54 Å². The first-order chi connectivity index (χ1) is 6.50. The van der Waals surface area contributed by atoms with Crippen molar-refractivity contribution in [2.75, 3.05) is 6.61 Å². The van der Waals surface area contributed by atoms with Crippen molar-refractivity contribution in [3.63, 3.8) is 0 Å². The summed E-state index contributed by atoms with van der Waals surface area (Å²) >= 11 is 11.9. The second-order valence-corrected chi connectivity index (χ2v) is 4.62. The molecule has 14 heavy (non-hydrogen) atoms. The Kier molecular flexibility index (Phi) is 2.38. The molecule has 2 N–H and O–H groups in total. The molecule has 0 radical (unpaired) electrons. The number of nitrogens with two attached hydrogens (primary N) is 1. The third-order valence-electron chi connectivity index (χ3n) is 2.49. The number of halogens is 2. The number of benzene rings is 1. The van der Waals surface area contributed by atoms with Gasteiger partial charge in [0.25, 0.3) is 0 Å². The van der Waals surface area contributed by atoms with Gasteiger partial charge in [0.15, 0.2) is 0 Å². The van der Waals surface area contributed by atoms with Crippen molar-refractivity contribution < 1.29 is 4.74 Å². The monoisotopic (exact) mass is 231 g/mol. The standard InChI is InChI=1S/C10H11Cl2NO/c1-10(13)2-3-14-9-7(10)4-6(11)5-8(9)12/h4-5H,2-3,13H2,1H3. The zero-order chi connectivity index (χ0) is 10.3. The van der Waals surface area contributed by atoms with Gasteiger partial charge in [-0.05, 0) is 19.1 Å². The van der Waals surface area contributed by atoms with Gasteiger partial charge in [0, 0.05) is 22.5 Å². The first kappa shape index (κ1) is 10.1. The fourth-order valence-electron chi connectivity index (χ4n) is 1.63. The summed E-state index contributed by atoms with van der Waals surface area (Å²) in [5.41, 5.74) is 6.62. The largest absolute Gasteiger partial charge is 0.492 e. The highest BCUT2D eigenvalue weighted by molar-refractivity contribution is 6.35. The molecule has 0 aliphatic carbocycles. The topological polar surface area (TPSA) is 35.2 Å². The van der Waals surface area contributed by atoms with Gasteiger partial charge in [0.1, 0.15) is 5.75 Å². The fourth-order valence-corrected chi connectivity index (χ4v) is 2.18. The summed E-state index contributed by atoms with van der Waals surface area (Å²) in [5.74, 6) is 0.673. The Hall–Kier alpha value is -0.440. The summed E-state index contributed by atoms with van der Waals surface area (Å²) in [5, 5.41) is 1.12. The molecule has 76 valence electrons. The molecule has 1 heterocycles. The lowest BCUT2D eigenvalue weighted by Gasteiger charge is -2.32. The van der Waals surface area contributed by atoms with Crippen LogP contribution in [0.5, 0.6) is 5.75 Å². The van der Waals surface area contributed by atoms with Crippen LogP contribution in [0.1, 0.15) is 18.9 Å². The number of fused-ring (bicyclic) bond motifs is 1. The zero-order valence-corrected chi connectivity index (χ0v) is 9.32. The van der Waals surface area contributed by atoms with Gasteiger partial charge in [-0.15, -0.1) is 0 Å². The molecule has 1 unspecified atom stereocenters. The van der Waals surface area contributed by atoms with E-state index in [1.165, 1.54) is 0 Å². The molecule has 0 saturated carbocycles. The third-order valence-corrected chi connectivity index (χ3v) is 2.99. The molecule has 2 nitrogen and oxygen atoms in total. The minimum Gasteiger partial charge on any atom is -0.492 e. The van der Waals surface area contributed by atoms with Gasteiger partial charge < -0.3 is 10.5 Å². The molecule has 0 fully saturated rings. The molecule has 0 saturated heterocycles. The molecule has 4 heteroatoms. The van der Waals surface area contributed by atoms with E-state index in [2.05, 4.69) is 0 Å². The molecule has 2 rings (SSSR count). The highest BCUT2D eigenvalue weighted by Gasteiger charge is 2.31. The zero-order valence-electron chi connectivity index (χ0n) is 7.81. The van der Waals surface area contributed by atoms with Gasteiger partial charge in [0.05, 0.1) is 11.6 Å². The molecule has 1 atom stereocenters. The molecule has 0 spiro atoms. The first-order valence-corrected chi connectivity index (χ1v) is 5.17. The Bertz CT molecular complexity index is 377. The summed E-state index contributed by atoms with van der Waals surface area (Å²) < 4.78 is 5.47. The van der Waals surface area contributed by atoms with Gasteiger partial charge in [-0.2, -0.15) is 0 Å². The predicted molar refractivity (Wildman–Crippen MR) is 58.1 cm³/mol. The highest BCUT2D eigenvalue weighted by atomic mass is 35.5. The van der Waals surface area contributed by atoms with Gasteiger partial charge in [-0.3, -0.25) is 0 Å². The van der Waals surface area contributed by atoms with E-state index in [9.17, 15) is 0 Å². The van der Waals surface area contributed by atoms with Crippen molar-refractivity contribution in [3.8, 4) is 5.75 Å². The van der Waals surface area contributed by atoms with Crippen molar-refractivity contribution >= 4 is 23.2 Å². The fraction of sp³-hybridized carbons (Fsp3) is 0.400. The van der Waals surface area contributed by atoms with Crippen molar-refractivity contribution in [3.05, 3.63) is 27.7 Å². The molecule has 0 bridgehead atoms. The third kappa shape index (κ3) is 1.58. The van der Waals surface area contributed by atoms with Crippen LogP contribution >= 0.6 is 23.2 Å². The summed E-state index contributed by atoms with van der Waals surface area (Å²) in [7, 11) is 0. The number of hydrogen-bond donors (Lipinski definition) is 1. The normalized spacial score (nSPS) is 25.4. The van der Waals surface area contributed by atoms with E-state index in [0.29, 0.717) is 22.4 Å². The molecule has 1 aliphatic heterocycles. The maximum atomic E-state index is 6.13. The van der Waals surface area contributed by atoms with E-state index >= 15 is 0 Å².